The number of thioether (sulfide) groups is 1. The minimum absolute atomic E-state index is 0.0274. The van der Waals surface area contributed by atoms with Gasteiger partial charge < -0.3 is 0 Å². The molecule has 4 heteroatoms. The number of hydrogen-bond acceptors (Lipinski definition) is 3. The molecule has 1 aromatic rings. The zero-order chi connectivity index (χ0) is 11.3. The van der Waals surface area contributed by atoms with Crippen molar-refractivity contribution in [2.45, 2.75) is 6.92 Å². The molecule has 1 atom stereocenters. The van der Waals surface area contributed by atoms with E-state index in [2.05, 4.69) is 0 Å². The summed E-state index contributed by atoms with van der Waals surface area (Å²) in [7, 11) is 0. The van der Waals surface area contributed by atoms with Crippen LogP contribution in [0.25, 0.3) is 0 Å². The van der Waals surface area contributed by atoms with Crippen LogP contribution in [0, 0.1) is 5.92 Å². The Morgan fingerprint density at radius 1 is 1.33 bits per heavy atom. The molecule has 0 bridgehead atoms. The summed E-state index contributed by atoms with van der Waals surface area (Å²) in [5.74, 6) is 0.139. The number of hydrogen-bond donors (Lipinski definition) is 0. The van der Waals surface area contributed by atoms with Crippen molar-refractivity contribution in [3.8, 4) is 0 Å². The Hall–Kier alpha value is -0.800. The molecular formula is C11H11ClO2S. The van der Waals surface area contributed by atoms with Crippen LogP contribution in [0.1, 0.15) is 17.3 Å². The second-order valence-corrected chi connectivity index (χ2v) is 4.53. The van der Waals surface area contributed by atoms with Crippen molar-refractivity contribution in [2.75, 3.05) is 5.75 Å². The topological polar surface area (TPSA) is 34.1 Å². The van der Waals surface area contributed by atoms with E-state index in [9.17, 15) is 9.59 Å². The number of carbonyl (C=O) groups excluding carboxylic acids is 2. The lowest BCUT2D eigenvalue weighted by Gasteiger charge is -2.04. The molecule has 0 saturated carbocycles. The summed E-state index contributed by atoms with van der Waals surface area (Å²) in [6.45, 7) is 1.71. The van der Waals surface area contributed by atoms with Crippen molar-refractivity contribution in [2.24, 2.45) is 5.92 Å². The second kappa shape index (κ2) is 5.93. The smallest absolute Gasteiger partial charge is 0.225 e. The lowest BCUT2D eigenvalue weighted by atomic mass is 10.2. The average molecular weight is 243 g/mol. The van der Waals surface area contributed by atoms with Crippen molar-refractivity contribution >= 4 is 33.7 Å². The summed E-state index contributed by atoms with van der Waals surface area (Å²) in [5, 5.41) is -0.427. The molecule has 0 saturated heterocycles. The van der Waals surface area contributed by atoms with E-state index in [4.69, 9.17) is 11.6 Å². The van der Waals surface area contributed by atoms with Gasteiger partial charge in [-0.15, -0.1) is 0 Å². The number of halogens is 1. The fraction of sp³-hybridized carbons (Fsp3) is 0.273. The molecule has 0 aliphatic heterocycles. The first-order valence-corrected chi connectivity index (χ1v) is 5.89. The monoisotopic (exact) mass is 242 g/mol. The highest BCUT2D eigenvalue weighted by molar-refractivity contribution is 8.14. The van der Waals surface area contributed by atoms with Crippen molar-refractivity contribution in [3.63, 3.8) is 0 Å². The van der Waals surface area contributed by atoms with Gasteiger partial charge in [0.25, 0.3) is 0 Å². The maximum absolute atomic E-state index is 11.6. The highest BCUT2D eigenvalue weighted by Gasteiger charge is 2.13. The molecule has 1 rings (SSSR count). The first-order chi connectivity index (χ1) is 7.11. The Kier molecular flexibility index (Phi) is 4.85. The van der Waals surface area contributed by atoms with Gasteiger partial charge in [0.15, 0.2) is 0 Å². The molecule has 0 aliphatic carbocycles. The zero-order valence-electron chi connectivity index (χ0n) is 8.27. The summed E-state index contributed by atoms with van der Waals surface area (Å²) in [5.41, 5.74) is 0.650. The highest BCUT2D eigenvalue weighted by Crippen LogP contribution is 2.16. The standard InChI is InChI=1S/C11H11ClO2S/c1-8(10(12)13)7-15-11(14)9-5-3-2-4-6-9/h2-6,8H,7H2,1H3. The van der Waals surface area contributed by atoms with Crippen molar-refractivity contribution in [1.82, 2.24) is 0 Å². The van der Waals surface area contributed by atoms with Gasteiger partial charge in [-0.2, -0.15) is 0 Å². The average Bonchev–Trinajstić information content (AvgIpc) is 2.26. The lowest BCUT2D eigenvalue weighted by Crippen LogP contribution is -2.08. The van der Waals surface area contributed by atoms with E-state index in [1.807, 2.05) is 18.2 Å². The maximum atomic E-state index is 11.6. The summed E-state index contributed by atoms with van der Waals surface area (Å²) >= 11 is 6.42. The maximum Gasteiger partial charge on any atom is 0.225 e. The number of carbonyl (C=O) groups is 2. The summed E-state index contributed by atoms with van der Waals surface area (Å²) in [6.07, 6.45) is 0. The quantitative estimate of drug-likeness (QED) is 0.762. The van der Waals surface area contributed by atoms with Gasteiger partial charge in [-0.05, 0) is 11.6 Å². The molecule has 1 unspecified atom stereocenters. The van der Waals surface area contributed by atoms with E-state index in [0.29, 0.717) is 11.3 Å². The van der Waals surface area contributed by atoms with E-state index in [1.165, 1.54) is 0 Å². The first kappa shape index (κ1) is 12.3. The second-order valence-electron chi connectivity index (χ2n) is 3.17. The van der Waals surface area contributed by atoms with E-state index in [-0.39, 0.29) is 11.0 Å². The van der Waals surface area contributed by atoms with Gasteiger partial charge in [0.05, 0.1) is 0 Å². The molecule has 0 fully saturated rings. The molecule has 80 valence electrons. The summed E-state index contributed by atoms with van der Waals surface area (Å²) in [4.78, 5) is 22.3. The number of benzene rings is 1. The predicted octanol–water partition coefficient (Wildman–Crippen LogP) is 2.96. The van der Waals surface area contributed by atoms with E-state index in [1.54, 1.807) is 19.1 Å². The van der Waals surface area contributed by atoms with Crippen LogP contribution < -0.4 is 0 Å². The third kappa shape index (κ3) is 4.06. The van der Waals surface area contributed by atoms with Crippen molar-refractivity contribution < 1.29 is 9.59 Å². The fourth-order valence-electron chi connectivity index (χ4n) is 0.924. The van der Waals surface area contributed by atoms with Gasteiger partial charge >= 0.3 is 0 Å². The van der Waals surface area contributed by atoms with Crippen LogP contribution in [-0.4, -0.2) is 16.1 Å². The van der Waals surface area contributed by atoms with Gasteiger partial charge in [0, 0.05) is 17.2 Å². The van der Waals surface area contributed by atoms with Crippen LogP contribution in [-0.2, 0) is 4.79 Å². The van der Waals surface area contributed by atoms with E-state index >= 15 is 0 Å². The molecule has 2 nitrogen and oxygen atoms in total. The lowest BCUT2D eigenvalue weighted by molar-refractivity contribution is -0.114. The van der Waals surface area contributed by atoms with Crippen molar-refractivity contribution in [1.29, 1.82) is 0 Å². The fourth-order valence-corrected chi connectivity index (χ4v) is 1.95. The zero-order valence-corrected chi connectivity index (χ0v) is 9.85. The van der Waals surface area contributed by atoms with Crippen LogP contribution in [0.3, 0.4) is 0 Å². The molecule has 0 N–H and O–H groups in total. The predicted molar refractivity (Wildman–Crippen MR) is 63.3 cm³/mol. The first-order valence-electron chi connectivity index (χ1n) is 4.52. The molecule has 0 aliphatic rings. The van der Waals surface area contributed by atoms with Gasteiger partial charge in [0.2, 0.25) is 10.4 Å². The van der Waals surface area contributed by atoms with Gasteiger partial charge in [0.1, 0.15) is 0 Å². The Morgan fingerprint density at radius 2 is 1.93 bits per heavy atom. The van der Waals surface area contributed by atoms with Crippen LogP contribution in [0.5, 0.6) is 0 Å². The molecule has 0 amide bonds. The summed E-state index contributed by atoms with van der Waals surface area (Å²) in [6, 6.07) is 8.98. The van der Waals surface area contributed by atoms with Gasteiger partial charge in [-0.25, -0.2) is 0 Å². The minimum Gasteiger partial charge on any atom is -0.282 e. The molecule has 1 aromatic carbocycles. The Labute approximate surface area is 98.0 Å². The Bertz CT molecular complexity index is 351. The Balaban J connectivity index is 2.47. The third-order valence-corrected chi connectivity index (χ3v) is 3.40. The van der Waals surface area contributed by atoms with Crippen LogP contribution in [0.2, 0.25) is 0 Å². The van der Waals surface area contributed by atoms with Crippen LogP contribution in [0.15, 0.2) is 30.3 Å². The normalized spacial score (nSPS) is 12.1. The van der Waals surface area contributed by atoms with E-state index in [0.717, 1.165) is 11.8 Å². The SMILES string of the molecule is CC(CSC(=O)c1ccccc1)C(=O)Cl. The van der Waals surface area contributed by atoms with Gasteiger partial charge in [-0.1, -0.05) is 49.0 Å². The largest absolute Gasteiger partial charge is 0.282 e. The molecular weight excluding hydrogens is 232 g/mol. The van der Waals surface area contributed by atoms with Gasteiger partial charge in [-0.3, -0.25) is 9.59 Å². The molecule has 0 radical (unpaired) electrons. The molecule has 0 heterocycles. The van der Waals surface area contributed by atoms with Crippen molar-refractivity contribution in [3.05, 3.63) is 35.9 Å². The third-order valence-electron chi connectivity index (χ3n) is 1.86. The minimum atomic E-state index is -0.400. The van der Waals surface area contributed by atoms with Crippen LogP contribution >= 0.6 is 23.4 Å². The highest BCUT2D eigenvalue weighted by atomic mass is 35.5. The Morgan fingerprint density at radius 3 is 2.47 bits per heavy atom. The molecule has 15 heavy (non-hydrogen) atoms. The summed E-state index contributed by atoms with van der Waals surface area (Å²) < 4.78 is 0. The van der Waals surface area contributed by atoms with Crippen LogP contribution in [0.4, 0.5) is 0 Å². The van der Waals surface area contributed by atoms with E-state index < -0.39 is 5.24 Å². The number of rotatable bonds is 4. The molecule has 0 spiro atoms. The molecule has 0 aromatic heterocycles.